The molecule has 0 aromatic carbocycles. The number of amides is 2. The number of nitrogens with one attached hydrogen (secondary N) is 1. The van der Waals surface area contributed by atoms with Gasteiger partial charge in [0, 0.05) is 6.54 Å². The van der Waals surface area contributed by atoms with Crippen LogP contribution in [0, 0.1) is 5.92 Å². The fraction of sp³-hybridized carbons (Fsp3) is 0.800. The fourth-order valence-electron chi connectivity index (χ4n) is 1.45. The van der Waals surface area contributed by atoms with Gasteiger partial charge in [0.2, 0.25) is 5.91 Å². The fourth-order valence-corrected chi connectivity index (χ4v) is 1.45. The number of nitrogens with two attached hydrogens (primary N) is 1. The van der Waals surface area contributed by atoms with Gasteiger partial charge >= 0.3 is 6.09 Å². The predicted molar refractivity (Wildman–Crippen MR) is 58.2 cm³/mol. The maximum atomic E-state index is 11.5. The van der Waals surface area contributed by atoms with Crippen molar-refractivity contribution >= 4 is 12.0 Å². The van der Waals surface area contributed by atoms with E-state index in [-0.39, 0.29) is 18.4 Å². The molecular weight excluding hydrogens is 210 g/mol. The highest BCUT2D eigenvalue weighted by Crippen LogP contribution is 2.12. The topological polar surface area (TPSA) is 84.7 Å². The van der Waals surface area contributed by atoms with E-state index in [1.807, 2.05) is 0 Å². The molecule has 3 N–H and O–H groups in total. The van der Waals surface area contributed by atoms with E-state index < -0.39 is 11.7 Å². The highest BCUT2D eigenvalue weighted by atomic mass is 16.6. The quantitative estimate of drug-likeness (QED) is 0.403. The molecule has 0 aromatic heterocycles. The van der Waals surface area contributed by atoms with Gasteiger partial charge in [0.15, 0.2) is 0 Å². The lowest BCUT2D eigenvalue weighted by Crippen LogP contribution is -2.45. The van der Waals surface area contributed by atoms with Crippen LogP contribution in [0.3, 0.4) is 0 Å². The second-order valence-corrected chi connectivity index (χ2v) is 4.91. The summed E-state index contributed by atoms with van der Waals surface area (Å²) in [6.45, 7) is 6.13. The largest absolute Gasteiger partial charge is 0.443 e. The molecule has 0 aromatic rings. The van der Waals surface area contributed by atoms with Gasteiger partial charge in [-0.2, -0.15) is 0 Å². The minimum Gasteiger partial charge on any atom is -0.443 e. The molecule has 1 aliphatic rings. The van der Waals surface area contributed by atoms with Crippen molar-refractivity contribution in [2.75, 3.05) is 13.1 Å². The average molecular weight is 229 g/mol. The smallest absolute Gasteiger partial charge is 0.424 e. The van der Waals surface area contributed by atoms with Gasteiger partial charge in [-0.05, 0) is 27.2 Å². The molecule has 0 radical (unpaired) electrons. The second kappa shape index (κ2) is 4.69. The summed E-state index contributed by atoms with van der Waals surface area (Å²) in [5.74, 6) is 5.26. The minimum absolute atomic E-state index is 0.0565. The van der Waals surface area contributed by atoms with Crippen molar-refractivity contribution in [3.63, 3.8) is 0 Å². The third-order valence-corrected chi connectivity index (χ3v) is 2.21. The summed E-state index contributed by atoms with van der Waals surface area (Å²) in [5, 5.41) is 3.65. The maximum absolute atomic E-state index is 11.5. The number of carbonyl (C=O) groups is 2. The van der Waals surface area contributed by atoms with Gasteiger partial charge in [-0.3, -0.25) is 4.79 Å². The number of hydrogen-bond acceptors (Lipinski definition) is 4. The van der Waals surface area contributed by atoms with Crippen LogP contribution in [-0.2, 0) is 9.53 Å². The first-order valence-electron chi connectivity index (χ1n) is 5.32. The van der Waals surface area contributed by atoms with Crippen molar-refractivity contribution in [1.29, 1.82) is 0 Å². The van der Waals surface area contributed by atoms with Gasteiger partial charge in [0.1, 0.15) is 5.60 Å². The van der Waals surface area contributed by atoms with Gasteiger partial charge in [-0.25, -0.2) is 15.6 Å². The first-order chi connectivity index (χ1) is 7.29. The molecule has 6 nitrogen and oxygen atoms in total. The van der Waals surface area contributed by atoms with Crippen LogP contribution < -0.4 is 11.2 Å². The van der Waals surface area contributed by atoms with Crippen LogP contribution in [0.2, 0.25) is 0 Å². The molecule has 0 saturated carbocycles. The number of rotatable bonds is 2. The zero-order valence-corrected chi connectivity index (χ0v) is 9.95. The Morgan fingerprint density at radius 1 is 1.62 bits per heavy atom. The molecule has 1 atom stereocenters. The van der Waals surface area contributed by atoms with E-state index in [0.717, 1.165) is 5.01 Å². The molecule has 16 heavy (non-hydrogen) atoms. The Balaban J connectivity index is 2.42. The van der Waals surface area contributed by atoms with Crippen molar-refractivity contribution < 1.29 is 14.3 Å². The number of nitrogens with zero attached hydrogens (tertiary/aromatic N) is 1. The summed E-state index contributed by atoms with van der Waals surface area (Å²) in [6, 6.07) is 0. The molecule has 6 heteroatoms. The first-order valence-corrected chi connectivity index (χ1v) is 5.32. The Morgan fingerprint density at radius 2 is 2.25 bits per heavy atom. The van der Waals surface area contributed by atoms with Crippen molar-refractivity contribution in [2.45, 2.75) is 32.8 Å². The SMILES string of the molecule is CC(C)(C)OC(=O)N(N)C[C@@H]1CCNC1=O. The highest BCUT2D eigenvalue weighted by Gasteiger charge is 2.28. The third-order valence-electron chi connectivity index (χ3n) is 2.21. The first kappa shape index (κ1) is 12.8. The van der Waals surface area contributed by atoms with E-state index in [0.29, 0.717) is 13.0 Å². The van der Waals surface area contributed by atoms with E-state index in [4.69, 9.17) is 10.6 Å². The zero-order chi connectivity index (χ0) is 12.3. The molecule has 0 aliphatic carbocycles. The molecule has 2 amide bonds. The molecule has 1 saturated heterocycles. The van der Waals surface area contributed by atoms with Crippen molar-refractivity contribution in [1.82, 2.24) is 10.3 Å². The standard InChI is InChI=1S/C10H19N3O3/c1-10(2,3)16-9(15)13(11)6-7-4-5-12-8(7)14/h7H,4-6,11H2,1-3H3,(H,12,14)/t7-/m0/s1. The number of hydrazine groups is 1. The van der Waals surface area contributed by atoms with Gasteiger partial charge in [-0.15, -0.1) is 0 Å². The molecular formula is C10H19N3O3. The molecule has 1 rings (SSSR count). The normalized spacial score (nSPS) is 20.5. The van der Waals surface area contributed by atoms with E-state index in [2.05, 4.69) is 5.32 Å². The summed E-state index contributed by atoms with van der Waals surface area (Å²) in [4.78, 5) is 22.8. The lowest BCUT2D eigenvalue weighted by atomic mass is 10.1. The van der Waals surface area contributed by atoms with Crippen LogP contribution in [0.15, 0.2) is 0 Å². The Kier molecular flexibility index (Phi) is 3.74. The average Bonchev–Trinajstić information content (AvgIpc) is 2.49. The Bertz CT molecular complexity index is 286. The molecule has 1 fully saturated rings. The second-order valence-electron chi connectivity index (χ2n) is 4.91. The summed E-state index contributed by atoms with van der Waals surface area (Å²) in [5.41, 5.74) is -0.577. The van der Waals surface area contributed by atoms with Gasteiger partial charge in [0.25, 0.3) is 0 Å². The molecule has 0 bridgehead atoms. The van der Waals surface area contributed by atoms with Crippen LogP contribution in [-0.4, -0.2) is 35.7 Å². The van der Waals surface area contributed by atoms with Crippen molar-refractivity contribution in [3.05, 3.63) is 0 Å². The van der Waals surface area contributed by atoms with E-state index in [1.54, 1.807) is 20.8 Å². The van der Waals surface area contributed by atoms with E-state index in [1.165, 1.54) is 0 Å². The van der Waals surface area contributed by atoms with Gasteiger partial charge in [-0.1, -0.05) is 0 Å². The Hall–Kier alpha value is -1.30. The third kappa shape index (κ3) is 3.69. The molecule has 0 unspecified atom stereocenters. The Labute approximate surface area is 95.1 Å². The van der Waals surface area contributed by atoms with Crippen molar-refractivity contribution in [2.24, 2.45) is 11.8 Å². The number of carbonyl (C=O) groups excluding carboxylic acids is 2. The predicted octanol–water partition coefficient (Wildman–Crippen LogP) is 0.233. The van der Waals surface area contributed by atoms with E-state index in [9.17, 15) is 9.59 Å². The van der Waals surface area contributed by atoms with Crippen LogP contribution >= 0.6 is 0 Å². The number of hydrogen-bond donors (Lipinski definition) is 2. The highest BCUT2D eigenvalue weighted by molar-refractivity contribution is 5.81. The van der Waals surface area contributed by atoms with Crippen LogP contribution in [0.25, 0.3) is 0 Å². The monoisotopic (exact) mass is 229 g/mol. The summed E-state index contributed by atoms with van der Waals surface area (Å²) < 4.78 is 5.08. The van der Waals surface area contributed by atoms with Crippen LogP contribution in [0.5, 0.6) is 0 Å². The lowest BCUT2D eigenvalue weighted by Gasteiger charge is -2.25. The minimum atomic E-state index is -0.604. The van der Waals surface area contributed by atoms with Crippen LogP contribution in [0.4, 0.5) is 4.79 Å². The maximum Gasteiger partial charge on any atom is 0.424 e. The molecule has 1 aliphatic heterocycles. The number of ether oxygens (including phenoxy) is 1. The van der Waals surface area contributed by atoms with Gasteiger partial charge in [0.05, 0.1) is 12.5 Å². The van der Waals surface area contributed by atoms with Gasteiger partial charge < -0.3 is 10.1 Å². The molecule has 0 spiro atoms. The molecule has 1 heterocycles. The summed E-state index contributed by atoms with van der Waals surface area (Å²) >= 11 is 0. The Morgan fingerprint density at radius 3 is 2.69 bits per heavy atom. The van der Waals surface area contributed by atoms with E-state index >= 15 is 0 Å². The molecule has 92 valence electrons. The van der Waals surface area contributed by atoms with Crippen molar-refractivity contribution in [3.8, 4) is 0 Å². The zero-order valence-electron chi connectivity index (χ0n) is 9.95. The summed E-state index contributed by atoms with van der Waals surface area (Å²) in [7, 11) is 0. The summed E-state index contributed by atoms with van der Waals surface area (Å²) in [6.07, 6.45) is 0.0993. The lowest BCUT2D eigenvalue weighted by molar-refractivity contribution is -0.122. The van der Waals surface area contributed by atoms with Crippen LogP contribution in [0.1, 0.15) is 27.2 Å².